The van der Waals surface area contributed by atoms with Crippen molar-refractivity contribution in [3.8, 4) is 0 Å². The highest BCUT2D eigenvalue weighted by Gasteiger charge is 2.09. The SMILES string of the molecule is CCc1cc2c(NCC(=O)NCCCN(C)C)ncnc2s1. The average molecular weight is 321 g/mol. The summed E-state index contributed by atoms with van der Waals surface area (Å²) in [6.45, 7) is 4.00. The Morgan fingerprint density at radius 3 is 2.91 bits per heavy atom. The fourth-order valence-corrected chi connectivity index (χ4v) is 3.01. The van der Waals surface area contributed by atoms with Crippen LogP contribution in [0.3, 0.4) is 0 Å². The minimum atomic E-state index is -0.0172. The number of aryl methyl sites for hydroxylation is 1. The summed E-state index contributed by atoms with van der Waals surface area (Å²) in [5.74, 6) is 0.709. The molecule has 2 rings (SSSR count). The van der Waals surface area contributed by atoms with Gasteiger partial charge in [-0.1, -0.05) is 6.92 Å². The van der Waals surface area contributed by atoms with Crippen LogP contribution < -0.4 is 10.6 Å². The third-order valence-electron chi connectivity index (χ3n) is 3.25. The van der Waals surface area contributed by atoms with Gasteiger partial charge in [0.1, 0.15) is 17.0 Å². The molecule has 0 saturated heterocycles. The summed E-state index contributed by atoms with van der Waals surface area (Å²) in [6, 6.07) is 2.09. The Morgan fingerprint density at radius 2 is 2.18 bits per heavy atom. The first-order valence-electron chi connectivity index (χ1n) is 7.49. The number of hydrogen-bond donors (Lipinski definition) is 2. The van der Waals surface area contributed by atoms with Crippen LogP contribution in [0, 0.1) is 0 Å². The number of carbonyl (C=O) groups excluding carboxylic acids is 1. The largest absolute Gasteiger partial charge is 0.360 e. The molecule has 7 heteroatoms. The Kier molecular flexibility index (Phi) is 6.09. The van der Waals surface area contributed by atoms with E-state index >= 15 is 0 Å². The molecule has 0 unspecified atom stereocenters. The predicted octanol–water partition coefficient (Wildman–Crippen LogP) is 1.73. The van der Waals surface area contributed by atoms with Crippen molar-refractivity contribution >= 4 is 33.3 Å². The van der Waals surface area contributed by atoms with E-state index in [9.17, 15) is 4.79 Å². The van der Waals surface area contributed by atoms with Gasteiger partial charge in [0, 0.05) is 11.4 Å². The topological polar surface area (TPSA) is 70.2 Å². The minimum absolute atomic E-state index is 0.0172. The van der Waals surface area contributed by atoms with Crippen molar-refractivity contribution in [1.29, 1.82) is 0 Å². The molecule has 22 heavy (non-hydrogen) atoms. The van der Waals surface area contributed by atoms with E-state index in [4.69, 9.17) is 0 Å². The van der Waals surface area contributed by atoms with Gasteiger partial charge in [-0.3, -0.25) is 4.79 Å². The van der Waals surface area contributed by atoms with E-state index in [0.29, 0.717) is 6.54 Å². The van der Waals surface area contributed by atoms with E-state index in [1.54, 1.807) is 11.3 Å². The van der Waals surface area contributed by atoms with Gasteiger partial charge in [-0.15, -0.1) is 11.3 Å². The van der Waals surface area contributed by atoms with Gasteiger partial charge in [0.25, 0.3) is 0 Å². The first kappa shape index (κ1) is 16.6. The van der Waals surface area contributed by atoms with Gasteiger partial charge in [0.15, 0.2) is 0 Å². The monoisotopic (exact) mass is 321 g/mol. The molecule has 0 aliphatic rings. The van der Waals surface area contributed by atoms with E-state index in [1.165, 1.54) is 11.2 Å². The maximum Gasteiger partial charge on any atom is 0.239 e. The number of nitrogens with zero attached hydrogens (tertiary/aromatic N) is 3. The molecular formula is C15H23N5OS. The van der Waals surface area contributed by atoms with Crippen LogP contribution in [0.4, 0.5) is 5.82 Å². The van der Waals surface area contributed by atoms with Crippen LogP contribution in [-0.4, -0.2) is 54.5 Å². The minimum Gasteiger partial charge on any atom is -0.360 e. The fraction of sp³-hybridized carbons (Fsp3) is 0.533. The lowest BCUT2D eigenvalue weighted by atomic mass is 10.3. The van der Waals surface area contributed by atoms with Crippen LogP contribution in [0.25, 0.3) is 10.2 Å². The standard InChI is InChI=1S/C15H23N5OS/c1-4-11-8-12-14(18-10-19-15(12)22-11)17-9-13(21)16-6-5-7-20(2)3/h8,10H,4-7,9H2,1-3H3,(H,16,21)(H,17,18,19). The van der Waals surface area contributed by atoms with E-state index in [2.05, 4.69) is 38.5 Å². The lowest BCUT2D eigenvalue weighted by molar-refractivity contribution is -0.119. The van der Waals surface area contributed by atoms with Crippen LogP contribution in [0.5, 0.6) is 0 Å². The summed E-state index contributed by atoms with van der Waals surface area (Å²) in [5, 5.41) is 7.00. The second kappa shape index (κ2) is 8.05. The van der Waals surface area contributed by atoms with Gasteiger partial charge in [-0.2, -0.15) is 0 Å². The Balaban J connectivity index is 1.86. The second-order valence-electron chi connectivity index (χ2n) is 5.37. The first-order valence-corrected chi connectivity index (χ1v) is 8.30. The number of rotatable bonds is 8. The molecule has 2 heterocycles. The van der Waals surface area contributed by atoms with Gasteiger partial charge < -0.3 is 15.5 Å². The predicted molar refractivity (Wildman–Crippen MR) is 91.5 cm³/mol. The molecule has 0 spiro atoms. The van der Waals surface area contributed by atoms with Crippen molar-refractivity contribution in [2.75, 3.05) is 39.0 Å². The molecule has 6 nitrogen and oxygen atoms in total. The van der Waals surface area contributed by atoms with Crippen molar-refractivity contribution in [3.63, 3.8) is 0 Å². The molecule has 0 aliphatic heterocycles. The highest BCUT2D eigenvalue weighted by molar-refractivity contribution is 7.18. The number of carbonyl (C=O) groups is 1. The summed E-state index contributed by atoms with van der Waals surface area (Å²) in [7, 11) is 4.05. The van der Waals surface area contributed by atoms with Crippen LogP contribution in [0.2, 0.25) is 0 Å². The summed E-state index contributed by atoms with van der Waals surface area (Å²) in [6.07, 6.45) is 3.46. The van der Waals surface area contributed by atoms with Crippen LogP contribution in [0.15, 0.2) is 12.4 Å². The van der Waals surface area contributed by atoms with Crippen molar-refractivity contribution in [2.24, 2.45) is 0 Å². The fourth-order valence-electron chi connectivity index (χ4n) is 2.07. The highest BCUT2D eigenvalue weighted by atomic mass is 32.1. The third-order valence-corrected chi connectivity index (χ3v) is 4.44. The Bertz CT molecular complexity index is 625. The third kappa shape index (κ3) is 4.64. The second-order valence-corrected chi connectivity index (χ2v) is 6.48. The number of thiophene rings is 1. The van der Waals surface area contributed by atoms with Gasteiger partial charge in [-0.25, -0.2) is 9.97 Å². The van der Waals surface area contributed by atoms with Gasteiger partial charge in [-0.05, 0) is 39.5 Å². The van der Waals surface area contributed by atoms with Crippen molar-refractivity contribution in [1.82, 2.24) is 20.2 Å². The molecule has 0 saturated carbocycles. The van der Waals surface area contributed by atoms with E-state index in [1.807, 2.05) is 14.1 Å². The Hall–Kier alpha value is -1.73. The highest BCUT2D eigenvalue weighted by Crippen LogP contribution is 2.28. The molecule has 0 radical (unpaired) electrons. The number of anilines is 1. The first-order chi connectivity index (χ1) is 10.6. The molecule has 0 fully saturated rings. The zero-order valence-electron chi connectivity index (χ0n) is 13.3. The number of hydrogen-bond acceptors (Lipinski definition) is 6. The maximum absolute atomic E-state index is 11.8. The summed E-state index contributed by atoms with van der Waals surface area (Å²) in [5.41, 5.74) is 0. The molecular weight excluding hydrogens is 298 g/mol. The number of amides is 1. The number of aromatic nitrogens is 2. The molecule has 0 atom stereocenters. The zero-order valence-corrected chi connectivity index (χ0v) is 14.2. The van der Waals surface area contributed by atoms with Crippen molar-refractivity contribution < 1.29 is 4.79 Å². The molecule has 2 N–H and O–H groups in total. The molecule has 0 aromatic carbocycles. The Morgan fingerprint density at radius 1 is 1.36 bits per heavy atom. The summed E-state index contributed by atoms with van der Waals surface area (Å²) < 4.78 is 0. The van der Waals surface area contributed by atoms with Crippen molar-refractivity contribution in [2.45, 2.75) is 19.8 Å². The average Bonchev–Trinajstić information content (AvgIpc) is 2.93. The normalized spacial score (nSPS) is 11.1. The van der Waals surface area contributed by atoms with Crippen LogP contribution in [-0.2, 0) is 11.2 Å². The molecule has 2 aromatic rings. The molecule has 0 aliphatic carbocycles. The molecule has 1 amide bonds. The van der Waals surface area contributed by atoms with Gasteiger partial charge in [0.2, 0.25) is 5.91 Å². The Labute approximate surface area is 134 Å². The summed E-state index contributed by atoms with van der Waals surface area (Å²) >= 11 is 1.67. The lowest BCUT2D eigenvalue weighted by Crippen LogP contribution is -2.32. The molecule has 2 aromatic heterocycles. The number of fused-ring (bicyclic) bond motifs is 1. The van der Waals surface area contributed by atoms with Crippen LogP contribution in [0.1, 0.15) is 18.2 Å². The smallest absolute Gasteiger partial charge is 0.239 e. The quantitative estimate of drug-likeness (QED) is 0.725. The lowest BCUT2D eigenvalue weighted by Gasteiger charge is -2.10. The zero-order chi connectivity index (χ0) is 15.9. The number of nitrogens with one attached hydrogen (secondary N) is 2. The van der Waals surface area contributed by atoms with Crippen molar-refractivity contribution in [3.05, 3.63) is 17.3 Å². The van der Waals surface area contributed by atoms with Gasteiger partial charge in [0.05, 0.1) is 11.9 Å². The van der Waals surface area contributed by atoms with E-state index < -0.39 is 0 Å². The maximum atomic E-state index is 11.8. The van der Waals surface area contributed by atoms with E-state index in [0.717, 1.165) is 35.4 Å². The van der Waals surface area contributed by atoms with Gasteiger partial charge >= 0.3 is 0 Å². The van der Waals surface area contributed by atoms with Crippen LogP contribution >= 0.6 is 11.3 Å². The molecule has 0 bridgehead atoms. The summed E-state index contributed by atoms with van der Waals surface area (Å²) in [4.78, 5) is 24.7. The molecule has 120 valence electrons. The van der Waals surface area contributed by atoms with E-state index in [-0.39, 0.29) is 12.5 Å².